The summed E-state index contributed by atoms with van der Waals surface area (Å²) in [5.41, 5.74) is 6.99. The first-order valence-corrected chi connectivity index (χ1v) is 17.7. The molecule has 0 aromatic heterocycles. The average molecular weight is 689 g/mol. The molecule has 262 valence electrons. The van der Waals surface area contributed by atoms with Crippen molar-refractivity contribution < 1.29 is 32.5 Å². The lowest BCUT2D eigenvalue weighted by molar-refractivity contribution is 0.0524. The standard InChI is InChI=1S/C38H44N2O7S.CH4/c1-7-45-38(42)32-13-11-28(20-34(32)23(2)3)29-17-24(4)37(25(5)18-29)46-16-15-39-26(6)36(41)33-14-12-30-21-35(33)40-48(43,44)31-10-8-9-27(19-31)22-47-30;/h8-14,17-21,23,26,36,39-41H,7,15-16,22H2,1-6H3;1H4/t26-,36-;/m0./s1. The van der Waals surface area contributed by atoms with Gasteiger partial charge in [0.25, 0.3) is 10.0 Å². The molecule has 0 spiro atoms. The van der Waals surface area contributed by atoms with Crippen LogP contribution in [0.3, 0.4) is 0 Å². The second-order valence-electron chi connectivity index (χ2n) is 12.4. The van der Waals surface area contributed by atoms with Gasteiger partial charge in [-0.25, -0.2) is 13.2 Å². The number of rotatable bonds is 11. The number of esters is 1. The predicted molar refractivity (Wildman–Crippen MR) is 194 cm³/mol. The van der Waals surface area contributed by atoms with Crippen LogP contribution in [0.2, 0.25) is 0 Å². The van der Waals surface area contributed by atoms with Gasteiger partial charge in [-0.3, -0.25) is 4.72 Å². The molecule has 4 aromatic rings. The van der Waals surface area contributed by atoms with Gasteiger partial charge in [0.1, 0.15) is 24.7 Å². The summed E-state index contributed by atoms with van der Waals surface area (Å²) in [5.74, 6) is 1.13. The highest BCUT2D eigenvalue weighted by Gasteiger charge is 2.24. The van der Waals surface area contributed by atoms with Crippen LogP contribution in [0.4, 0.5) is 5.69 Å². The quantitative estimate of drug-likeness (QED) is 0.108. The Morgan fingerprint density at radius 2 is 1.69 bits per heavy atom. The van der Waals surface area contributed by atoms with Crippen molar-refractivity contribution in [3.63, 3.8) is 0 Å². The van der Waals surface area contributed by atoms with Gasteiger partial charge < -0.3 is 24.6 Å². The highest BCUT2D eigenvalue weighted by atomic mass is 32.2. The maximum Gasteiger partial charge on any atom is 0.338 e. The molecule has 10 heteroatoms. The predicted octanol–water partition coefficient (Wildman–Crippen LogP) is 7.69. The number of aryl methyl sites for hydroxylation is 2. The van der Waals surface area contributed by atoms with Gasteiger partial charge in [-0.05, 0) is 103 Å². The SMILES string of the molecule is C.CCOC(=O)c1ccc(-c2cc(C)c(OCCN[C@@H](C)[C@H](O)c3ccc4cc3NS(=O)(=O)c3cccc(c3)CO4)c(C)c2)cc1C(C)C. The lowest BCUT2D eigenvalue weighted by Crippen LogP contribution is -2.35. The number of aliphatic hydroxyl groups excluding tert-OH is 1. The second-order valence-corrected chi connectivity index (χ2v) is 14.1. The van der Waals surface area contributed by atoms with E-state index >= 15 is 0 Å². The molecule has 3 N–H and O–H groups in total. The van der Waals surface area contributed by atoms with Crippen LogP contribution in [-0.4, -0.2) is 45.3 Å². The molecule has 0 saturated heterocycles. The maximum atomic E-state index is 13.2. The summed E-state index contributed by atoms with van der Waals surface area (Å²) in [6.07, 6.45) is -1.01. The Hall–Kier alpha value is -4.38. The van der Waals surface area contributed by atoms with Crippen molar-refractivity contribution in [2.75, 3.05) is 24.5 Å². The van der Waals surface area contributed by atoms with E-state index in [-0.39, 0.29) is 36.5 Å². The Morgan fingerprint density at radius 3 is 2.39 bits per heavy atom. The van der Waals surface area contributed by atoms with Crippen LogP contribution >= 0.6 is 0 Å². The molecule has 0 fully saturated rings. The van der Waals surface area contributed by atoms with Crippen LogP contribution < -0.4 is 19.5 Å². The lowest BCUT2D eigenvalue weighted by atomic mass is 9.91. The molecule has 1 heterocycles. The van der Waals surface area contributed by atoms with Crippen LogP contribution in [0.15, 0.2) is 77.7 Å². The van der Waals surface area contributed by atoms with Crippen LogP contribution in [0, 0.1) is 13.8 Å². The summed E-state index contributed by atoms with van der Waals surface area (Å²) >= 11 is 0. The van der Waals surface area contributed by atoms with Gasteiger partial charge >= 0.3 is 5.97 Å². The molecular weight excluding hydrogens is 641 g/mol. The highest BCUT2D eigenvalue weighted by Crippen LogP contribution is 2.34. The van der Waals surface area contributed by atoms with Crippen LogP contribution in [0.5, 0.6) is 11.5 Å². The molecule has 0 aliphatic carbocycles. The second kappa shape index (κ2) is 15.9. The number of anilines is 1. The van der Waals surface area contributed by atoms with Crippen molar-refractivity contribution in [2.45, 2.75) is 78.5 Å². The molecule has 4 bridgehead atoms. The molecule has 1 aliphatic rings. The zero-order valence-corrected chi connectivity index (χ0v) is 29.1. The number of hydrogen-bond donors (Lipinski definition) is 3. The lowest BCUT2D eigenvalue weighted by Gasteiger charge is -2.24. The molecule has 0 saturated carbocycles. The fourth-order valence-corrected chi connectivity index (χ4v) is 7.07. The van der Waals surface area contributed by atoms with Crippen molar-refractivity contribution in [1.29, 1.82) is 0 Å². The van der Waals surface area contributed by atoms with E-state index in [1.807, 2.05) is 39.0 Å². The fourth-order valence-electron chi connectivity index (χ4n) is 5.92. The van der Waals surface area contributed by atoms with Gasteiger partial charge in [0.2, 0.25) is 0 Å². The molecule has 4 aromatic carbocycles. The van der Waals surface area contributed by atoms with Crippen LogP contribution in [-0.2, 0) is 21.4 Å². The van der Waals surface area contributed by atoms with E-state index < -0.39 is 22.2 Å². The molecule has 9 nitrogen and oxygen atoms in total. The summed E-state index contributed by atoms with van der Waals surface area (Å²) in [6.45, 7) is 13.1. The molecular formula is C39H48N2O7S. The topological polar surface area (TPSA) is 123 Å². The number of ether oxygens (including phenoxy) is 3. The Balaban J connectivity index is 0.00000541. The van der Waals surface area contributed by atoms with E-state index in [4.69, 9.17) is 14.2 Å². The summed E-state index contributed by atoms with van der Waals surface area (Å²) in [5, 5.41) is 14.6. The Bertz CT molecular complexity index is 1880. The molecule has 0 radical (unpaired) electrons. The number of benzene rings is 4. The number of hydrogen-bond acceptors (Lipinski definition) is 8. The van der Waals surface area contributed by atoms with E-state index in [0.29, 0.717) is 36.6 Å². The number of nitrogens with one attached hydrogen (secondary N) is 2. The van der Waals surface area contributed by atoms with Crippen molar-refractivity contribution in [3.8, 4) is 22.6 Å². The number of fused-ring (bicyclic) bond motifs is 4. The first-order valence-electron chi connectivity index (χ1n) is 16.2. The monoisotopic (exact) mass is 688 g/mol. The Kier molecular flexibility index (Phi) is 12.1. The van der Waals surface area contributed by atoms with Crippen molar-refractivity contribution in [1.82, 2.24) is 5.32 Å². The van der Waals surface area contributed by atoms with Gasteiger partial charge in [-0.15, -0.1) is 0 Å². The number of carbonyl (C=O) groups is 1. The normalized spacial score (nSPS) is 14.4. The van der Waals surface area contributed by atoms with E-state index in [9.17, 15) is 18.3 Å². The van der Waals surface area contributed by atoms with E-state index in [2.05, 4.69) is 42.1 Å². The summed E-state index contributed by atoms with van der Waals surface area (Å²) in [4.78, 5) is 12.6. The van der Waals surface area contributed by atoms with Crippen LogP contribution in [0.25, 0.3) is 11.1 Å². The van der Waals surface area contributed by atoms with Crippen molar-refractivity contribution in [2.24, 2.45) is 0 Å². The molecule has 49 heavy (non-hydrogen) atoms. The smallest absolute Gasteiger partial charge is 0.338 e. The van der Waals surface area contributed by atoms with E-state index in [0.717, 1.165) is 39.1 Å². The van der Waals surface area contributed by atoms with Gasteiger partial charge in [0.05, 0.1) is 28.9 Å². The third-order valence-electron chi connectivity index (χ3n) is 8.45. The third kappa shape index (κ3) is 8.62. The average Bonchev–Trinajstić information content (AvgIpc) is 3.05. The van der Waals surface area contributed by atoms with E-state index in [1.165, 1.54) is 6.07 Å². The van der Waals surface area contributed by atoms with Crippen molar-refractivity contribution >= 4 is 21.7 Å². The minimum atomic E-state index is -3.87. The third-order valence-corrected chi connectivity index (χ3v) is 9.82. The molecule has 2 atom stereocenters. The zero-order chi connectivity index (χ0) is 34.6. The number of sulfonamides is 1. The van der Waals surface area contributed by atoms with Crippen LogP contribution in [0.1, 0.15) is 85.3 Å². The fraction of sp³-hybridized carbons (Fsp3) is 0.359. The van der Waals surface area contributed by atoms with Gasteiger partial charge in [0, 0.05) is 24.2 Å². The van der Waals surface area contributed by atoms with Gasteiger partial charge in [0.15, 0.2) is 0 Å². The maximum absolute atomic E-state index is 13.2. The summed E-state index contributed by atoms with van der Waals surface area (Å²) < 4.78 is 46.3. The van der Waals surface area contributed by atoms with Gasteiger partial charge in [-0.1, -0.05) is 51.6 Å². The minimum absolute atomic E-state index is 0. The summed E-state index contributed by atoms with van der Waals surface area (Å²) in [7, 11) is -3.87. The summed E-state index contributed by atoms with van der Waals surface area (Å²) in [6, 6.07) is 21.2. The Morgan fingerprint density at radius 1 is 0.959 bits per heavy atom. The molecule has 1 aliphatic heterocycles. The minimum Gasteiger partial charge on any atom is -0.492 e. The molecule has 5 rings (SSSR count). The number of aliphatic hydroxyl groups is 1. The van der Waals surface area contributed by atoms with E-state index in [1.54, 1.807) is 37.3 Å². The zero-order valence-electron chi connectivity index (χ0n) is 28.3. The largest absolute Gasteiger partial charge is 0.492 e. The molecule has 0 amide bonds. The Labute approximate surface area is 290 Å². The first-order chi connectivity index (χ1) is 22.9. The highest BCUT2D eigenvalue weighted by molar-refractivity contribution is 7.92. The van der Waals surface area contributed by atoms with Gasteiger partial charge in [-0.2, -0.15) is 0 Å². The first kappa shape index (κ1) is 37.4. The van der Waals surface area contributed by atoms with Crippen molar-refractivity contribution in [3.05, 3.63) is 106 Å². The molecule has 0 unspecified atom stereocenters. The number of carbonyl (C=O) groups excluding carboxylic acids is 1.